The molecule has 2 aromatic rings. The molecule has 112 valence electrons. The number of nitrogens with zero attached hydrogens (tertiary/aromatic N) is 3. The van der Waals surface area contributed by atoms with Crippen LogP contribution in [0.1, 0.15) is 42.8 Å². The van der Waals surface area contributed by atoms with Crippen molar-refractivity contribution in [2.75, 3.05) is 13.1 Å². The minimum Gasteiger partial charge on any atom is -0.387 e. The highest BCUT2D eigenvalue weighted by Gasteiger charge is 2.28. The van der Waals surface area contributed by atoms with Gasteiger partial charge < -0.3 is 9.63 Å². The Morgan fingerprint density at radius 3 is 2.86 bits per heavy atom. The van der Waals surface area contributed by atoms with Gasteiger partial charge in [0.15, 0.2) is 5.82 Å². The van der Waals surface area contributed by atoms with E-state index in [0.717, 1.165) is 25.8 Å². The van der Waals surface area contributed by atoms with Gasteiger partial charge in [-0.25, -0.2) is 4.39 Å². The highest BCUT2D eigenvalue weighted by atomic mass is 19.1. The molecule has 21 heavy (non-hydrogen) atoms. The molecule has 0 aliphatic carbocycles. The number of halogens is 1. The molecule has 1 aliphatic heterocycles. The van der Waals surface area contributed by atoms with Crippen LogP contribution in [0.5, 0.6) is 0 Å². The first-order valence-corrected chi connectivity index (χ1v) is 7.18. The quantitative estimate of drug-likeness (QED) is 0.937. The summed E-state index contributed by atoms with van der Waals surface area (Å²) in [4.78, 5) is 6.30. The molecule has 1 aliphatic rings. The number of aliphatic hydroxyl groups excluding tert-OH is 1. The van der Waals surface area contributed by atoms with E-state index in [1.165, 1.54) is 18.5 Å². The standard InChI is InChI=1S/C15H18FN3O2/c16-12-6-4-11(5-7-12)14(20)9-19-8-2-1-3-13(19)15-17-10-21-18-15/h4-7,10,13-14,20H,1-3,8-9H2. The van der Waals surface area contributed by atoms with Crippen LogP contribution in [0.15, 0.2) is 35.2 Å². The molecular formula is C15H18FN3O2. The van der Waals surface area contributed by atoms with Gasteiger partial charge in [0.1, 0.15) is 5.82 Å². The summed E-state index contributed by atoms with van der Waals surface area (Å²) in [5.41, 5.74) is 0.717. The fraction of sp³-hybridized carbons (Fsp3) is 0.467. The number of rotatable bonds is 4. The molecule has 0 bridgehead atoms. The summed E-state index contributed by atoms with van der Waals surface area (Å²) >= 11 is 0. The van der Waals surface area contributed by atoms with E-state index in [2.05, 4.69) is 15.0 Å². The van der Waals surface area contributed by atoms with Gasteiger partial charge in [0.25, 0.3) is 0 Å². The normalized spacial score (nSPS) is 21.3. The molecule has 6 heteroatoms. The Morgan fingerprint density at radius 2 is 2.14 bits per heavy atom. The molecule has 2 atom stereocenters. The van der Waals surface area contributed by atoms with Crippen LogP contribution in [0.25, 0.3) is 0 Å². The van der Waals surface area contributed by atoms with Crippen molar-refractivity contribution in [2.45, 2.75) is 31.4 Å². The first kappa shape index (κ1) is 14.2. The molecule has 3 rings (SSSR count). The summed E-state index contributed by atoms with van der Waals surface area (Å²) in [6, 6.07) is 6.05. The molecule has 5 nitrogen and oxygen atoms in total. The zero-order valence-electron chi connectivity index (χ0n) is 11.7. The van der Waals surface area contributed by atoms with E-state index >= 15 is 0 Å². The molecule has 1 fully saturated rings. The van der Waals surface area contributed by atoms with Gasteiger partial charge in [-0.2, -0.15) is 4.98 Å². The maximum atomic E-state index is 12.9. The third-order valence-electron chi connectivity index (χ3n) is 3.95. The van der Waals surface area contributed by atoms with E-state index < -0.39 is 6.10 Å². The molecule has 2 heterocycles. The monoisotopic (exact) mass is 291 g/mol. The van der Waals surface area contributed by atoms with Gasteiger partial charge in [-0.15, -0.1) is 0 Å². The highest BCUT2D eigenvalue weighted by Crippen LogP contribution is 2.30. The van der Waals surface area contributed by atoms with E-state index in [4.69, 9.17) is 4.52 Å². The van der Waals surface area contributed by atoms with Crippen LogP contribution in [0.4, 0.5) is 4.39 Å². The molecule has 1 aromatic heterocycles. The number of β-amino-alcohol motifs (C(OH)–C–C–N with tert-alkyl or cyclic N) is 1. The Morgan fingerprint density at radius 1 is 1.33 bits per heavy atom. The zero-order valence-corrected chi connectivity index (χ0v) is 11.7. The fourth-order valence-corrected chi connectivity index (χ4v) is 2.84. The van der Waals surface area contributed by atoms with Crippen molar-refractivity contribution in [3.8, 4) is 0 Å². The Balaban J connectivity index is 1.71. The molecular weight excluding hydrogens is 273 g/mol. The number of hydrogen-bond acceptors (Lipinski definition) is 5. The number of aromatic nitrogens is 2. The number of piperidine rings is 1. The molecule has 0 spiro atoms. The average Bonchev–Trinajstić information content (AvgIpc) is 3.02. The Bertz CT molecular complexity index is 559. The van der Waals surface area contributed by atoms with Crippen molar-refractivity contribution in [1.29, 1.82) is 0 Å². The van der Waals surface area contributed by atoms with Crippen molar-refractivity contribution in [2.24, 2.45) is 0 Å². The molecule has 1 aromatic carbocycles. The van der Waals surface area contributed by atoms with Crippen LogP contribution in [-0.4, -0.2) is 33.2 Å². The van der Waals surface area contributed by atoms with Crippen LogP contribution in [0.2, 0.25) is 0 Å². The van der Waals surface area contributed by atoms with Gasteiger partial charge in [-0.1, -0.05) is 23.7 Å². The van der Waals surface area contributed by atoms with Crippen molar-refractivity contribution >= 4 is 0 Å². The number of hydrogen-bond donors (Lipinski definition) is 1. The van der Waals surface area contributed by atoms with Gasteiger partial charge in [-0.3, -0.25) is 4.90 Å². The van der Waals surface area contributed by atoms with E-state index in [1.54, 1.807) is 12.1 Å². The minimum atomic E-state index is -0.655. The van der Waals surface area contributed by atoms with Crippen LogP contribution in [0.3, 0.4) is 0 Å². The summed E-state index contributed by atoms with van der Waals surface area (Å²) in [6.07, 6.45) is 3.83. The summed E-state index contributed by atoms with van der Waals surface area (Å²) in [7, 11) is 0. The average molecular weight is 291 g/mol. The third kappa shape index (κ3) is 3.28. The van der Waals surface area contributed by atoms with Gasteiger partial charge in [0.05, 0.1) is 12.1 Å². The smallest absolute Gasteiger partial charge is 0.213 e. The van der Waals surface area contributed by atoms with Crippen LogP contribution >= 0.6 is 0 Å². The predicted molar refractivity (Wildman–Crippen MR) is 73.8 cm³/mol. The SMILES string of the molecule is OC(CN1CCCCC1c1ncon1)c1ccc(F)cc1. The summed E-state index contributed by atoms with van der Waals surface area (Å²) < 4.78 is 17.8. The number of aliphatic hydroxyl groups is 1. The zero-order chi connectivity index (χ0) is 14.7. The lowest BCUT2D eigenvalue weighted by Gasteiger charge is -2.35. The Labute approximate surface area is 122 Å². The summed E-state index contributed by atoms with van der Waals surface area (Å²) in [6.45, 7) is 1.36. The fourth-order valence-electron chi connectivity index (χ4n) is 2.84. The first-order chi connectivity index (χ1) is 10.2. The third-order valence-corrected chi connectivity index (χ3v) is 3.95. The van der Waals surface area contributed by atoms with Gasteiger partial charge >= 0.3 is 0 Å². The van der Waals surface area contributed by atoms with E-state index in [1.807, 2.05) is 0 Å². The summed E-state index contributed by atoms with van der Waals surface area (Å²) in [5.74, 6) is 0.370. The largest absolute Gasteiger partial charge is 0.387 e. The van der Waals surface area contributed by atoms with Crippen molar-refractivity contribution < 1.29 is 14.0 Å². The lowest BCUT2D eigenvalue weighted by atomic mass is 10.00. The number of benzene rings is 1. The summed E-state index contributed by atoms with van der Waals surface area (Å²) in [5, 5.41) is 14.3. The lowest BCUT2D eigenvalue weighted by molar-refractivity contribution is 0.0627. The second-order valence-electron chi connectivity index (χ2n) is 5.36. The lowest BCUT2D eigenvalue weighted by Crippen LogP contribution is -2.37. The molecule has 1 saturated heterocycles. The van der Waals surface area contributed by atoms with Crippen LogP contribution in [0, 0.1) is 5.82 Å². The molecule has 2 unspecified atom stereocenters. The maximum absolute atomic E-state index is 12.9. The topological polar surface area (TPSA) is 62.4 Å². The van der Waals surface area contributed by atoms with Crippen LogP contribution in [-0.2, 0) is 0 Å². The van der Waals surface area contributed by atoms with Crippen LogP contribution < -0.4 is 0 Å². The predicted octanol–water partition coefficient (Wildman–Crippen LogP) is 2.47. The van der Waals surface area contributed by atoms with E-state index in [9.17, 15) is 9.50 Å². The second kappa shape index (κ2) is 6.32. The first-order valence-electron chi connectivity index (χ1n) is 7.18. The van der Waals surface area contributed by atoms with Crippen molar-refractivity contribution in [3.05, 3.63) is 47.9 Å². The van der Waals surface area contributed by atoms with Gasteiger partial charge in [0.2, 0.25) is 6.39 Å². The van der Waals surface area contributed by atoms with Crippen molar-refractivity contribution in [1.82, 2.24) is 15.0 Å². The molecule has 0 saturated carbocycles. The van der Waals surface area contributed by atoms with E-state index in [0.29, 0.717) is 17.9 Å². The highest BCUT2D eigenvalue weighted by molar-refractivity contribution is 5.19. The van der Waals surface area contributed by atoms with E-state index in [-0.39, 0.29) is 11.9 Å². The Kier molecular flexibility index (Phi) is 4.26. The second-order valence-corrected chi connectivity index (χ2v) is 5.36. The number of likely N-dealkylation sites (tertiary alicyclic amines) is 1. The molecule has 0 amide bonds. The van der Waals surface area contributed by atoms with Crippen molar-refractivity contribution in [3.63, 3.8) is 0 Å². The minimum absolute atomic E-state index is 0.0765. The van der Waals surface area contributed by atoms with Gasteiger partial charge in [-0.05, 0) is 37.1 Å². The molecule has 0 radical (unpaired) electrons. The van der Waals surface area contributed by atoms with Gasteiger partial charge in [0, 0.05) is 6.54 Å². The maximum Gasteiger partial charge on any atom is 0.213 e. The Hall–Kier alpha value is -1.79. The molecule has 1 N–H and O–H groups in total.